The van der Waals surface area contributed by atoms with E-state index in [1.165, 1.54) is 11.8 Å². The van der Waals surface area contributed by atoms with Gasteiger partial charge in [-0.15, -0.1) is 10.2 Å². The Balaban J connectivity index is 1.26. The van der Waals surface area contributed by atoms with Crippen LogP contribution in [0.3, 0.4) is 0 Å². The molecule has 1 atom stereocenters. The molecule has 1 unspecified atom stereocenters. The molecule has 1 aliphatic heterocycles. The third-order valence-corrected chi connectivity index (χ3v) is 6.46. The maximum Gasteiger partial charge on any atom is 0.233 e. The zero-order valence-electron chi connectivity index (χ0n) is 18.1. The molecule has 1 fully saturated rings. The highest BCUT2D eigenvalue weighted by Gasteiger charge is 2.29. The quantitative estimate of drug-likeness (QED) is 0.542. The molecule has 0 bridgehead atoms. The first-order valence-corrected chi connectivity index (χ1v) is 11.7. The largest absolute Gasteiger partial charge is 0.338 e. The maximum absolute atomic E-state index is 12.7. The van der Waals surface area contributed by atoms with Crippen LogP contribution >= 0.6 is 11.8 Å². The first-order chi connectivity index (χ1) is 15.6. The molecule has 164 valence electrons. The minimum Gasteiger partial charge on any atom is -0.338 e. The molecule has 0 saturated carbocycles. The summed E-state index contributed by atoms with van der Waals surface area (Å²) in [7, 11) is 0. The Morgan fingerprint density at radius 1 is 0.906 bits per heavy atom. The lowest BCUT2D eigenvalue weighted by atomic mass is 10.1. The fraction of sp³-hybridized carbons (Fsp3) is 0.280. The Bertz CT molecular complexity index is 1040. The molecule has 1 aromatic heterocycles. The normalized spacial score (nSPS) is 16.1. The van der Waals surface area contributed by atoms with Crippen molar-refractivity contribution in [1.29, 1.82) is 0 Å². The Kier molecular flexibility index (Phi) is 7.17. The molecule has 6 nitrogen and oxygen atoms in total. The molecule has 32 heavy (non-hydrogen) atoms. The molecule has 0 N–H and O–H groups in total. The van der Waals surface area contributed by atoms with Crippen molar-refractivity contribution in [3.05, 3.63) is 78.4 Å². The number of aromatic nitrogens is 2. The number of carbonyl (C=O) groups excluding carboxylic acids is 2. The molecule has 1 saturated heterocycles. The number of rotatable bonds is 6. The molecule has 0 spiro atoms. The van der Waals surface area contributed by atoms with Gasteiger partial charge in [-0.3, -0.25) is 9.59 Å². The number of thioether (sulfide) groups is 1. The van der Waals surface area contributed by atoms with E-state index in [-0.39, 0.29) is 17.9 Å². The highest BCUT2D eigenvalue weighted by Crippen LogP contribution is 2.21. The van der Waals surface area contributed by atoms with Crippen LogP contribution in [0.25, 0.3) is 11.3 Å². The lowest BCUT2D eigenvalue weighted by molar-refractivity contribution is -0.140. The molecule has 0 aliphatic carbocycles. The van der Waals surface area contributed by atoms with Gasteiger partial charge in [0.2, 0.25) is 11.8 Å². The van der Waals surface area contributed by atoms with E-state index >= 15 is 0 Å². The van der Waals surface area contributed by atoms with Gasteiger partial charge in [-0.05, 0) is 24.6 Å². The van der Waals surface area contributed by atoms with Gasteiger partial charge in [-0.2, -0.15) is 0 Å². The van der Waals surface area contributed by atoms with Crippen molar-refractivity contribution in [3.63, 3.8) is 0 Å². The van der Waals surface area contributed by atoms with Crippen molar-refractivity contribution in [2.75, 3.05) is 25.4 Å². The standard InChI is InChI=1S/C25H26N4O2S/c1-19-17-28(14-15-29(19)24(30)16-20-8-4-2-5-9-20)25(31)18-32-23-13-12-22(26-27-23)21-10-6-3-7-11-21/h2-13,19H,14-18H2,1H3. The Hall–Kier alpha value is -3.19. The van der Waals surface area contributed by atoms with Crippen LogP contribution in [-0.2, 0) is 16.0 Å². The summed E-state index contributed by atoms with van der Waals surface area (Å²) in [6.45, 7) is 3.68. The Morgan fingerprint density at radius 2 is 1.62 bits per heavy atom. The smallest absolute Gasteiger partial charge is 0.233 e. The molecule has 2 aromatic carbocycles. The number of piperazine rings is 1. The Labute approximate surface area is 192 Å². The maximum atomic E-state index is 12.7. The number of benzene rings is 2. The van der Waals surface area contributed by atoms with Gasteiger partial charge in [0, 0.05) is 31.2 Å². The molecule has 0 radical (unpaired) electrons. The van der Waals surface area contributed by atoms with Crippen LogP contribution in [0.5, 0.6) is 0 Å². The van der Waals surface area contributed by atoms with Crippen LogP contribution in [-0.4, -0.2) is 63.2 Å². The summed E-state index contributed by atoms with van der Waals surface area (Å²) in [6.07, 6.45) is 0.395. The predicted octanol–water partition coefficient (Wildman–Crippen LogP) is 3.54. The summed E-state index contributed by atoms with van der Waals surface area (Å²) in [6, 6.07) is 23.5. The van der Waals surface area contributed by atoms with Crippen LogP contribution in [0.15, 0.2) is 77.8 Å². The molecule has 2 amide bonds. The van der Waals surface area contributed by atoms with Crippen LogP contribution in [0.2, 0.25) is 0 Å². The minimum atomic E-state index is -0.00106. The molecular formula is C25H26N4O2S. The van der Waals surface area contributed by atoms with E-state index in [1.54, 1.807) is 0 Å². The second kappa shape index (κ2) is 10.4. The first-order valence-electron chi connectivity index (χ1n) is 10.7. The van der Waals surface area contributed by atoms with Gasteiger partial charge < -0.3 is 9.80 Å². The van der Waals surface area contributed by atoms with Crippen molar-refractivity contribution >= 4 is 23.6 Å². The van der Waals surface area contributed by atoms with E-state index in [2.05, 4.69) is 10.2 Å². The third-order valence-electron chi connectivity index (χ3n) is 5.55. The van der Waals surface area contributed by atoms with E-state index in [1.807, 2.05) is 89.5 Å². The van der Waals surface area contributed by atoms with Crippen molar-refractivity contribution in [3.8, 4) is 11.3 Å². The summed E-state index contributed by atoms with van der Waals surface area (Å²) in [5, 5.41) is 9.25. The van der Waals surface area contributed by atoms with Gasteiger partial charge in [0.15, 0.2) is 0 Å². The molecule has 3 aromatic rings. The third kappa shape index (κ3) is 5.53. The zero-order valence-corrected chi connectivity index (χ0v) is 18.9. The summed E-state index contributed by atoms with van der Waals surface area (Å²) >= 11 is 1.39. The summed E-state index contributed by atoms with van der Waals surface area (Å²) in [5.41, 5.74) is 2.84. The summed E-state index contributed by atoms with van der Waals surface area (Å²) in [5.74, 6) is 0.481. The number of nitrogens with zero attached hydrogens (tertiary/aromatic N) is 4. The van der Waals surface area contributed by atoms with Gasteiger partial charge in [0.05, 0.1) is 17.9 Å². The van der Waals surface area contributed by atoms with Gasteiger partial charge in [-0.25, -0.2) is 0 Å². The van der Waals surface area contributed by atoms with Crippen LogP contribution < -0.4 is 0 Å². The summed E-state index contributed by atoms with van der Waals surface area (Å²) in [4.78, 5) is 29.2. The second-order valence-corrected chi connectivity index (χ2v) is 8.85. The molecule has 7 heteroatoms. The summed E-state index contributed by atoms with van der Waals surface area (Å²) < 4.78 is 0. The molecule has 1 aliphatic rings. The van der Waals surface area contributed by atoms with E-state index in [4.69, 9.17) is 0 Å². The fourth-order valence-corrected chi connectivity index (χ4v) is 4.53. The van der Waals surface area contributed by atoms with Crippen LogP contribution in [0.4, 0.5) is 0 Å². The van der Waals surface area contributed by atoms with Gasteiger partial charge in [-0.1, -0.05) is 72.4 Å². The number of carbonyl (C=O) groups is 2. The number of hydrogen-bond acceptors (Lipinski definition) is 5. The van der Waals surface area contributed by atoms with Crippen molar-refractivity contribution in [2.45, 2.75) is 24.4 Å². The average Bonchev–Trinajstić information content (AvgIpc) is 2.84. The number of hydrogen-bond donors (Lipinski definition) is 0. The molecule has 4 rings (SSSR count). The van der Waals surface area contributed by atoms with E-state index in [9.17, 15) is 9.59 Å². The number of amides is 2. The Morgan fingerprint density at radius 3 is 2.28 bits per heavy atom. The highest BCUT2D eigenvalue weighted by atomic mass is 32.2. The highest BCUT2D eigenvalue weighted by molar-refractivity contribution is 7.99. The lowest BCUT2D eigenvalue weighted by Gasteiger charge is -2.40. The minimum absolute atomic E-state index is 0.00106. The fourth-order valence-electron chi connectivity index (χ4n) is 3.81. The van der Waals surface area contributed by atoms with Gasteiger partial charge >= 0.3 is 0 Å². The van der Waals surface area contributed by atoms with E-state index < -0.39 is 0 Å². The van der Waals surface area contributed by atoms with Crippen molar-refractivity contribution in [1.82, 2.24) is 20.0 Å². The van der Waals surface area contributed by atoms with Crippen LogP contribution in [0.1, 0.15) is 12.5 Å². The van der Waals surface area contributed by atoms with Crippen molar-refractivity contribution in [2.24, 2.45) is 0 Å². The van der Waals surface area contributed by atoms with Gasteiger partial charge in [0.1, 0.15) is 5.03 Å². The molecular weight excluding hydrogens is 420 g/mol. The first kappa shape index (κ1) is 22.0. The van der Waals surface area contributed by atoms with E-state index in [0.29, 0.717) is 31.8 Å². The lowest BCUT2D eigenvalue weighted by Crippen LogP contribution is -2.56. The van der Waals surface area contributed by atoms with Crippen molar-refractivity contribution < 1.29 is 9.59 Å². The SMILES string of the molecule is CC1CN(C(=O)CSc2ccc(-c3ccccc3)nn2)CCN1C(=O)Cc1ccccc1. The molecule has 2 heterocycles. The van der Waals surface area contributed by atoms with Crippen LogP contribution in [0, 0.1) is 0 Å². The average molecular weight is 447 g/mol. The van der Waals surface area contributed by atoms with Gasteiger partial charge in [0.25, 0.3) is 0 Å². The van der Waals surface area contributed by atoms with E-state index in [0.717, 1.165) is 21.8 Å². The zero-order chi connectivity index (χ0) is 22.3. The topological polar surface area (TPSA) is 66.4 Å². The predicted molar refractivity (Wildman–Crippen MR) is 126 cm³/mol. The monoisotopic (exact) mass is 446 g/mol. The second-order valence-electron chi connectivity index (χ2n) is 7.85.